The van der Waals surface area contributed by atoms with Crippen LogP contribution in [0.2, 0.25) is 0 Å². The number of fused-ring (bicyclic) bond motifs is 1. The summed E-state index contributed by atoms with van der Waals surface area (Å²) < 4.78 is 60.5. The van der Waals surface area contributed by atoms with E-state index >= 15 is 4.39 Å². The van der Waals surface area contributed by atoms with E-state index in [2.05, 4.69) is 15.0 Å². The number of esters is 1. The Morgan fingerprint density at radius 1 is 1.34 bits per heavy atom. The Bertz CT molecular complexity index is 1220. The van der Waals surface area contributed by atoms with Crippen molar-refractivity contribution in [2.75, 3.05) is 19.9 Å². The normalized spacial score (nSPS) is 24.4. The first kappa shape index (κ1) is 18.7. The van der Waals surface area contributed by atoms with Gasteiger partial charge in [0.15, 0.2) is 29.7 Å². The quantitative estimate of drug-likeness (QED) is 0.386. The number of ether oxygens (including phenoxy) is 4. The Morgan fingerprint density at radius 3 is 2.91 bits per heavy atom. The van der Waals surface area contributed by atoms with E-state index in [1.54, 1.807) is 30.3 Å². The first-order chi connectivity index (χ1) is 16.7. The average Bonchev–Trinajstić information content (AvgIpc) is 3.38. The number of methoxy groups -OCH3 is 1. The first-order valence-electron chi connectivity index (χ1n) is 10.8. The van der Waals surface area contributed by atoms with Crippen molar-refractivity contribution in [3.05, 3.63) is 48.5 Å². The third kappa shape index (κ3) is 4.38. The second-order valence-corrected chi connectivity index (χ2v) is 7.82. The Labute approximate surface area is 196 Å². The van der Waals surface area contributed by atoms with Gasteiger partial charge in [0.2, 0.25) is 10.3 Å². The van der Waals surface area contributed by atoms with E-state index in [9.17, 15) is 4.79 Å². The summed E-state index contributed by atoms with van der Waals surface area (Å²) in [7, 11) is 1.41. The second-order valence-electron chi connectivity index (χ2n) is 6.62. The van der Waals surface area contributed by atoms with Gasteiger partial charge >= 0.3 is 5.97 Å². The lowest BCUT2D eigenvalue weighted by molar-refractivity contribution is -0.0509. The number of carbonyl (C=O) groups is 1. The van der Waals surface area contributed by atoms with E-state index in [4.69, 9.17) is 35.3 Å². The third-order valence-electron chi connectivity index (χ3n) is 4.76. The van der Waals surface area contributed by atoms with Crippen LogP contribution in [0.15, 0.2) is 43.0 Å². The zero-order chi connectivity index (χ0) is 25.2. The van der Waals surface area contributed by atoms with Crippen LogP contribution >= 0.6 is 24.0 Å². The molecule has 0 N–H and O–H groups in total. The minimum atomic E-state index is -2.48. The number of hydrogen-bond acceptors (Lipinski definition) is 10. The number of halogens is 1. The topological polar surface area (TPSA) is 97.6 Å². The molecular formula is C20H19FN4O5S2. The third-order valence-corrected chi connectivity index (χ3v) is 5.37. The molecule has 0 spiro atoms. The lowest BCUT2D eigenvalue weighted by atomic mass is 10.1. The Kier molecular flexibility index (Phi) is 5.71. The molecule has 9 nitrogen and oxygen atoms in total. The molecular weight excluding hydrogens is 459 g/mol. The van der Waals surface area contributed by atoms with Gasteiger partial charge in [-0.3, -0.25) is 4.57 Å². The molecule has 0 bridgehead atoms. The Hall–Kier alpha value is -2.83. The predicted octanol–water partition coefficient (Wildman–Crippen LogP) is 2.96. The highest BCUT2D eigenvalue weighted by molar-refractivity contribution is 8.22. The van der Waals surface area contributed by atoms with E-state index in [0.29, 0.717) is 17.3 Å². The molecule has 3 aromatic rings. The van der Waals surface area contributed by atoms with Crippen molar-refractivity contribution in [2.45, 2.75) is 24.6 Å². The zero-order valence-corrected chi connectivity index (χ0v) is 18.2. The lowest BCUT2D eigenvalue weighted by Gasteiger charge is -2.20. The summed E-state index contributed by atoms with van der Waals surface area (Å²) in [5, 5.41) is 0. The number of carbonyl (C=O) groups excluding carboxylic acids is 1. The van der Waals surface area contributed by atoms with Crippen molar-refractivity contribution in [3.63, 3.8) is 0 Å². The monoisotopic (exact) mass is 481 g/mol. The molecule has 0 radical (unpaired) electrons. The molecule has 0 saturated carbocycles. The Balaban J connectivity index is 1.58. The molecule has 4 rings (SSSR count). The number of benzene rings is 1. The van der Waals surface area contributed by atoms with Gasteiger partial charge < -0.3 is 18.9 Å². The van der Waals surface area contributed by atoms with E-state index in [-0.39, 0.29) is 28.0 Å². The number of thiocarbonyl (C=S) groups is 1. The fourth-order valence-corrected chi connectivity index (χ4v) is 3.58. The summed E-state index contributed by atoms with van der Waals surface area (Å²) in [4.78, 5) is 24.7. The molecule has 1 aromatic carbocycles. The van der Waals surface area contributed by atoms with Gasteiger partial charge in [0.05, 0.1) is 19.0 Å². The highest BCUT2D eigenvalue weighted by atomic mass is 32.2. The van der Waals surface area contributed by atoms with Crippen molar-refractivity contribution < 1.29 is 32.2 Å². The van der Waals surface area contributed by atoms with Crippen LogP contribution in [0.25, 0.3) is 11.2 Å². The van der Waals surface area contributed by atoms with Crippen molar-refractivity contribution in [1.29, 1.82) is 0 Å². The molecule has 0 unspecified atom stereocenters. The van der Waals surface area contributed by atoms with Gasteiger partial charge in [-0.2, -0.15) is 4.98 Å². The molecule has 1 saturated heterocycles. The van der Waals surface area contributed by atoms with Crippen molar-refractivity contribution in [3.8, 4) is 5.88 Å². The van der Waals surface area contributed by atoms with Crippen molar-refractivity contribution in [1.82, 2.24) is 19.5 Å². The fraction of sp³-hybridized carbons (Fsp3) is 0.350. The van der Waals surface area contributed by atoms with Gasteiger partial charge in [0.1, 0.15) is 19.0 Å². The van der Waals surface area contributed by atoms with Gasteiger partial charge in [0, 0.05) is 4.11 Å². The molecule has 12 heteroatoms. The van der Waals surface area contributed by atoms with Crippen LogP contribution in [0.4, 0.5) is 4.39 Å². The van der Waals surface area contributed by atoms with Crippen LogP contribution in [0.5, 0.6) is 5.88 Å². The maximum atomic E-state index is 15.7. The molecule has 3 heterocycles. The SMILES string of the molecule is [2H]C([2H])([2H])SC(=S)O[C@H]1[C@H](F)[C@H](n2cnc3c(OC)ncnc32)O[C@@H]1COC(=O)c1ccccc1. The number of nitrogens with zero attached hydrogens (tertiary/aromatic N) is 4. The standard InChI is InChI=1S/C20H19FN4O5S2/c1-27-17-14-16(22-9-23-17)25(10-24-14)18-13(21)15(30-20(31)32-2)12(29-18)8-28-19(26)11-6-4-3-5-7-11/h3-7,9-10,12-13,15,18H,8H2,1-2H3/t12-,13+,15-,18-/m1/s1/i2D3. The van der Waals surface area contributed by atoms with E-state index in [1.165, 1.54) is 24.3 Å². The predicted molar refractivity (Wildman–Crippen MR) is 118 cm³/mol. The summed E-state index contributed by atoms with van der Waals surface area (Å²) in [5.74, 6) is -0.449. The Morgan fingerprint density at radius 2 is 2.16 bits per heavy atom. The van der Waals surface area contributed by atoms with Crippen LogP contribution < -0.4 is 4.74 Å². The van der Waals surface area contributed by atoms with Crippen molar-refractivity contribution >= 4 is 45.5 Å². The van der Waals surface area contributed by atoms with Crippen LogP contribution in [0.1, 0.15) is 20.7 Å². The van der Waals surface area contributed by atoms with Crippen LogP contribution in [0, 0.1) is 0 Å². The van der Waals surface area contributed by atoms with Gasteiger partial charge in [-0.1, -0.05) is 30.0 Å². The van der Waals surface area contributed by atoms with Crippen LogP contribution in [-0.4, -0.2) is 68.2 Å². The molecule has 2 aromatic heterocycles. The molecule has 1 aliphatic rings. The van der Waals surface area contributed by atoms with Gasteiger partial charge in [-0.25, -0.2) is 19.2 Å². The molecule has 32 heavy (non-hydrogen) atoms. The minimum absolute atomic E-state index is 0.193. The maximum Gasteiger partial charge on any atom is 0.338 e. The maximum absolute atomic E-state index is 15.7. The lowest BCUT2D eigenvalue weighted by Crippen LogP contribution is -2.36. The molecule has 4 atom stereocenters. The summed E-state index contributed by atoms with van der Waals surface area (Å²) in [6, 6.07) is 8.23. The number of rotatable bonds is 6. The largest absolute Gasteiger partial charge is 0.479 e. The zero-order valence-electron chi connectivity index (χ0n) is 19.6. The highest BCUT2D eigenvalue weighted by Crippen LogP contribution is 2.37. The number of aromatic nitrogens is 4. The minimum Gasteiger partial charge on any atom is -0.479 e. The molecule has 1 aliphatic heterocycles. The molecule has 0 aliphatic carbocycles. The molecule has 168 valence electrons. The van der Waals surface area contributed by atoms with Gasteiger partial charge in [-0.05, 0) is 30.5 Å². The highest BCUT2D eigenvalue weighted by Gasteiger charge is 2.49. The van der Waals surface area contributed by atoms with Gasteiger partial charge in [-0.15, -0.1) is 0 Å². The van der Waals surface area contributed by atoms with E-state index in [0.717, 1.165) is 0 Å². The number of imidazole rings is 1. The summed E-state index contributed by atoms with van der Waals surface area (Å²) in [6.07, 6.45) is -5.55. The second kappa shape index (κ2) is 9.76. The fourth-order valence-electron chi connectivity index (χ4n) is 3.31. The van der Waals surface area contributed by atoms with Gasteiger partial charge in [0.25, 0.3) is 0 Å². The number of hydrogen-bond donors (Lipinski definition) is 0. The number of alkyl halides is 1. The first-order valence-corrected chi connectivity index (χ1v) is 10.5. The van der Waals surface area contributed by atoms with Crippen LogP contribution in [-0.2, 0) is 14.2 Å². The van der Waals surface area contributed by atoms with E-state index < -0.39 is 36.8 Å². The summed E-state index contributed by atoms with van der Waals surface area (Å²) in [6.45, 7) is -0.374. The summed E-state index contributed by atoms with van der Waals surface area (Å²) >= 11 is 5.30. The van der Waals surface area contributed by atoms with E-state index in [1.807, 2.05) is 0 Å². The van der Waals surface area contributed by atoms with Crippen LogP contribution in [0.3, 0.4) is 0 Å². The molecule has 1 fully saturated rings. The van der Waals surface area contributed by atoms with Crippen molar-refractivity contribution in [2.24, 2.45) is 0 Å². The smallest absolute Gasteiger partial charge is 0.338 e. The summed E-state index contributed by atoms with van der Waals surface area (Å²) in [5.41, 5.74) is 0.828. The average molecular weight is 482 g/mol. The number of thioether (sulfide) groups is 1. The molecule has 0 amide bonds.